The highest BCUT2D eigenvalue weighted by Gasteiger charge is 2.10. The Bertz CT molecular complexity index is 898. The molecule has 0 aliphatic rings. The molecule has 2 N–H and O–H groups in total. The zero-order valence-electron chi connectivity index (χ0n) is 14.4. The monoisotopic (exact) mass is 335 g/mol. The second kappa shape index (κ2) is 7.66. The van der Waals surface area contributed by atoms with Gasteiger partial charge in [-0.05, 0) is 36.2 Å². The summed E-state index contributed by atoms with van der Waals surface area (Å²) in [5.41, 5.74) is 5.90. The number of hydrazone groups is 1. The van der Waals surface area contributed by atoms with E-state index in [-0.39, 0.29) is 5.91 Å². The number of aromatic amines is 1. The van der Waals surface area contributed by atoms with Crippen LogP contribution < -0.4 is 10.2 Å². The van der Waals surface area contributed by atoms with Crippen LogP contribution in [-0.2, 0) is 0 Å². The van der Waals surface area contributed by atoms with E-state index >= 15 is 0 Å². The van der Waals surface area contributed by atoms with Crippen LogP contribution in [0.15, 0.2) is 59.7 Å². The van der Waals surface area contributed by atoms with Crippen molar-refractivity contribution in [1.29, 1.82) is 0 Å². The van der Waals surface area contributed by atoms with Crippen molar-refractivity contribution < 1.29 is 9.53 Å². The number of fused-ring (bicyclic) bond motifs is 1. The molecule has 3 aromatic rings. The Labute approximate surface area is 146 Å². The summed E-state index contributed by atoms with van der Waals surface area (Å²) in [6, 6.07) is 17.3. The van der Waals surface area contributed by atoms with E-state index in [2.05, 4.69) is 22.4 Å². The van der Waals surface area contributed by atoms with Crippen molar-refractivity contribution in [3.8, 4) is 5.75 Å². The highest BCUT2D eigenvalue weighted by molar-refractivity contribution is 6.03. The third kappa shape index (κ3) is 3.88. The minimum absolute atomic E-state index is 0.264. The van der Waals surface area contributed by atoms with Crippen molar-refractivity contribution in [3.05, 3.63) is 65.9 Å². The van der Waals surface area contributed by atoms with Crippen LogP contribution in [-0.4, -0.2) is 23.7 Å². The number of rotatable bonds is 6. The number of methoxy groups -OCH3 is 1. The summed E-state index contributed by atoms with van der Waals surface area (Å²) in [6.45, 7) is 2.09. The molecule has 0 spiro atoms. The molecule has 1 amide bonds. The molecule has 1 heterocycles. The van der Waals surface area contributed by atoms with Gasteiger partial charge in [0, 0.05) is 10.9 Å². The minimum atomic E-state index is -0.264. The molecule has 0 unspecified atom stereocenters. The first-order chi connectivity index (χ1) is 12.2. The molecule has 3 rings (SSSR count). The van der Waals surface area contributed by atoms with E-state index in [0.717, 1.165) is 40.8 Å². The van der Waals surface area contributed by atoms with Crippen molar-refractivity contribution >= 4 is 22.5 Å². The molecule has 0 saturated heterocycles. The predicted octanol–water partition coefficient (Wildman–Crippen LogP) is 4.11. The lowest BCUT2D eigenvalue weighted by Crippen LogP contribution is -2.20. The maximum absolute atomic E-state index is 12.4. The smallest absolute Gasteiger partial charge is 0.287 e. The van der Waals surface area contributed by atoms with Crippen LogP contribution in [0.3, 0.4) is 0 Å². The molecule has 128 valence electrons. The van der Waals surface area contributed by atoms with Crippen molar-refractivity contribution in [3.63, 3.8) is 0 Å². The van der Waals surface area contributed by atoms with Gasteiger partial charge in [0.25, 0.3) is 5.91 Å². The number of carbonyl (C=O) groups is 1. The number of benzene rings is 2. The Balaban J connectivity index is 1.80. The van der Waals surface area contributed by atoms with Gasteiger partial charge >= 0.3 is 0 Å². The molecule has 2 aromatic carbocycles. The number of hydrogen-bond donors (Lipinski definition) is 2. The Morgan fingerprint density at radius 1 is 1.16 bits per heavy atom. The van der Waals surface area contributed by atoms with E-state index in [1.165, 1.54) is 0 Å². The fourth-order valence-electron chi connectivity index (χ4n) is 2.67. The normalized spacial score (nSPS) is 11.5. The lowest BCUT2D eigenvalue weighted by Gasteiger charge is -2.05. The van der Waals surface area contributed by atoms with Crippen LogP contribution in [0.1, 0.15) is 35.8 Å². The molecule has 5 nitrogen and oxygen atoms in total. The van der Waals surface area contributed by atoms with Crippen LogP contribution in [0.25, 0.3) is 10.9 Å². The largest absolute Gasteiger partial charge is 0.497 e. The van der Waals surface area contributed by atoms with Crippen molar-refractivity contribution in [2.45, 2.75) is 19.8 Å². The van der Waals surface area contributed by atoms with Crippen LogP contribution in [0.5, 0.6) is 5.75 Å². The van der Waals surface area contributed by atoms with Gasteiger partial charge in [-0.1, -0.05) is 43.7 Å². The molecule has 0 fully saturated rings. The van der Waals surface area contributed by atoms with E-state index in [9.17, 15) is 4.79 Å². The maximum atomic E-state index is 12.4. The third-order valence-electron chi connectivity index (χ3n) is 3.96. The number of ether oxygens (including phenoxy) is 1. The van der Waals surface area contributed by atoms with Gasteiger partial charge in [-0.25, -0.2) is 5.43 Å². The van der Waals surface area contributed by atoms with Gasteiger partial charge in [-0.3, -0.25) is 4.79 Å². The van der Waals surface area contributed by atoms with Gasteiger partial charge in [0.1, 0.15) is 11.4 Å². The maximum Gasteiger partial charge on any atom is 0.287 e. The van der Waals surface area contributed by atoms with Gasteiger partial charge < -0.3 is 9.72 Å². The van der Waals surface area contributed by atoms with E-state index in [0.29, 0.717) is 5.69 Å². The zero-order valence-corrected chi connectivity index (χ0v) is 14.4. The molecule has 25 heavy (non-hydrogen) atoms. The standard InChI is InChI=1S/C20H21N3O2/c1-3-7-18(14-8-5-4-6-9-14)22-23-20(24)19-13-15-12-16(25-2)10-11-17(15)21-19/h4-6,8-13,21H,3,7H2,1-2H3,(H,23,24)/b22-18+. The second-order valence-electron chi connectivity index (χ2n) is 5.75. The van der Waals surface area contributed by atoms with E-state index in [4.69, 9.17) is 4.74 Å². The molecule has 5 heteroatoms. The summed E-state index contributed by atoms with van der Waals surface area (Å²) in [5, 5.41) is 5.26. The number of aromatic nitrogens is 1. The fraction of sp³-hybridized carbons (Fsp3) is 0.200. The lowest BCUT2D eigenvalue weighted by atomic mass is 10.1. The quantitative estimate of drug-likeness (QED) is 0.526. The summed E-state index contributed by atoms with van der Waals surface area (Å²) in [7, 11) is 1.62. The van der Waals surface area contributed by atoms with Gasteiger partial charge in [0.05, 0.1) is 12.8 Å². The topological polar surface area (TPSA) is 66.5 Å². The minimum Gasteiger partial charge on any atom is -0.497 e. The highest BCUT2D eigenvalue weighted by Crippen LogP contribution is 2.21. The summed E-state index contributed by atoms with van der Waals surface area (Å²) in [6.07, 6.45) is 1.75. The molecule has 0 aliphatic heterocycles. The van der Waals surface area contributed by atoms with E-state index in [1.807, 2.05) is 48.5 Å². The molecule has 0 radical (unpaired) electrons. The Kier molecular flexibility index (Phi) is 5.14. The SMILES string of the molecule is CCC/C(=N\NC(=O)c1cc2cc(OC)ccc2[nH]1)c1ccccc1. The van der Waals surface area contributed by atoms with Crippen LogP contribution in [0.4, 0.5) is 0 Å². The Morgan fingerprint density at radius 2 is 1.96 bits per heavy atom. The van der Waals surface area contributed by atoms with Crippen molar-refractivity contribution in [2.24, 2.45) is 5.10 Å². The van der Waals surface area contributed by atoms with Crippen LogP contribution in [0, 0.1) is 0 Å². The number of amides is 1. The first-order valence-electron chi connectivity index (χ1n) is 8.30. The summed E-state index contributed by atoms with van der Waals surface area (Å²) < 4.78 is 5.21. The first kappa shape index (κ1) is 16.8. The Hall–Kier alpha value is -3.08. The fourth-order valence-corrected chi connectivity index (χ4v) is 2.67. The third-order valence-corrected chi connectivity index (χ3v) is 3.96. The van der Waals surface area contributed by atoms with Gasteiger partial charge in [0.2, 0.25) is 0 Å². The molecule has 0 saturated carbocycles. The molecule has 0 aliphatic carbocycles. The molecular weight excluding hydrogens is 314 g/mol. The lowest BCUT2D eigenvalue weighted by molar-refractivity contribution is 0.0950. The highest BCUT2D eigenvalue weighted by atomic mass is 16.5. The van der Waals surface area contributed by atoms with E-state index < -0.39 is 0 Å². The zero-order chi connectivity index (χ0) is 17.6. The van der Waals surface area contributed by atoms with Crippen molar-refractivity contribution in [2.75, 3.05) is 7.11 Å². The Morgan fingerprint density at radius 3 is 2.68 bits per heavy atom. The van der Waals surface area contributed by atoms with Crippen LogP contribution in [0.2, 0.25) is 0 Å². The van der Waals surface area contributed by atoms with Gasteiger partial charge in [-0.15, -0.1) is 0 Å². The molecule has 0 bridgehead atoms. The van der Waals surface area contributed by atoms with E-state index in [1.54, 1.807) is 13.2 Å². The van der Waals surface area contributed by atoms with Gasteiger partial charge in [0.15, 0.2) is 0 Å². The number of H-pyrrole nitrogens is 1. The summed E-state index contributed by atoms with van der Waals surface area (Å²) >= 11 is 0. The summed E-state index contributed by atoms with van der Waals surface area (Å²) in [5.74, 6) is 0.491. The number of hydrogen-bond acceptors (Lipinski definition) is 3. The molecule has 1 aromatic heterocycles. The van der Waals surface area contributed by atoms with Crippen molar-refractivity contribution in [1.82, 2.24) is 10.4 Å². The summed E-state index contributed by atoms with van der Waals surface area (Å²) in [4.78, 5) is 15.5. The first-order valence-corrected chi connectivity index (χ1v) is 8.30. The molecular formula is C20H21N3O2. The predicted molar refractivity (Wildman–Crippen MR) is 100 cm³/mol. The molecule has 0 atom stereocenters. The number of nitrogens with zero attached hydrogens (tertiary/aromatic N) is 1. The van der Waals surface area contributed by atoms with Crippen LogP contribution >= 0.6 is 0 Å². The average molecular weight is 335 g/mol. The number of carbonyl (C=O) groups excluding carboxylic acids is 1. The average Bonchev–Trinajstić information content (AvgIpc) is 3.08. The number of nitrogens with one attached hydrogen (secondary N) is 2. The van der Waals surface area contributed by atoms with Gasteiger partial charge in [-0.2, -0.15) is 5.10 Å². The second-order valence-corrected chi connectivity index (χ2v) is 5.75.